The molecule has 0 heterocycles. The molecular weight excluding hydrogens is 264 g/mol. The number of benzene rings is 1. The van der Waals surface area contributed by atoms with Crippen LogP contribution in [0.1, 0.15) is 75.0 Å². The molecule has 0 atom stereocenters. The number of aryl methyl sites for hydroxylation is 1. The molecule has 0 aliphatic carbocycles. The van der Waals surface area contributed by atoms with Crippen LogP contribution in [0.15, 0.2) is 12.1 Å². The molecule has 0 saturated heterocycles. The number of phenols is 1. The third-order valence-electron chi connectivity index (χ3n) is 3.99. The van der Waals surface area contributed by atoms with Gasteiger partial charge in [0.25, 0.3) is 0 Å². The van der Waals surface area contributed by atoms with Crippen LogP contribution in [-0.4, -0.2) is 15.3 Å². The Kier molecular flexibility index (Phi) is 9.11. The molecule has 1 rings (SSSR count). The van der Waals surface area contributed by atoms with E-state index in [9.17, 15) is 15.3 Å². The first-order chi connectivity index (χ1) is 10.2. The van der Waals surface area contributed by atoms with Crippen LogP contribution < -0.4 is 0 Å². The lowest BCUT2D eigenvalue weighted by molar-refractivity contribution is 0.263. The molecule has 0 unspecified atom stereocenters. The topological polar surface area (TPSA) is 60.7 Å². The standard InChI is InChI=1S/C18H30O3/c1-2-3-4-5-6-7-8-9-10-15-11-16(13-19)18(21)17(12-15)14-20/h11-12,19-21H,2-10,13-14H2,1H3. The van der Waals surface area contributed by atoms with E-state index >= 15 is 0 Å². The van der Waals surface area contributed by atoms with Crippen molar-refractivity contribution in [2.45, 2.75) is 77.9 Å². The summed E-state index contributed by atoms with van der Waals surface area (Å²) in [6, 6.07) is 3.69. The highest BCUT2D eigenvalue weighted by Gasteiger charge is 2.08. The summed E-state index contributed by atoms with van der Waals surface area (Å²) in [5, 5.41) is 28.3. The van der Waals surface area contributed by atoms with E-state index in [1.54, 1.807) is 0 Å². The first-order valence-corrected chi connectivity index (χ1v) is 8.28. The molecule has 3 heteroatoms. The first-order valence-electron chi connectivity index (χ1n) is 8.28. The van der Waals surface area contributed by atoms with E-state index in [-0.39, 0.29) is 19.0 Å². The van der Waals surface area contributed by atoms with Crippen molar-refractivity contribution in [1.29, 1.82) is 0 Å². The van der Waals surface area contributed by atoms with Gasteiger partial charge in [0.1, 0.15) is 5.75 Å². The number of hydrogen-bond donors (Lipinski definition) is 3. The van der Waals surface area contributed by atoms with E-state index in [1.807, 2.05) is 12.1 Å². The molecule has 0 spiro atoms. The maximum atomic E-state index is 9.81. The van der Waals surface area contributed by atoms with Crippen LogP contribution in [0.25, 0.3) is 0 Å². The number of aliphatic hydroxyl groups excluding tert-OH is 2. The van der Waals surface area contributed by atoms with Gasteiger partial charge in [-0.05, 0) is 30.5 Å². The molecular formula is C18H30O3. The van der Waals surface area contributed by atoms with Crippen LogP contribution in [0, 0.1) is 0 Å². The highest BCUT2D eigenvalue weighted by molar-refractivity contribution is 5.43. The van der Waals surface area contributed by atoms with E-state index in [4.69, 9.17) is 0 Å². The molecule has 0 amide bonds. The SMILES string of the molecule is CCCCCCCCCCc1cc(CO)c(O)c(CO)c1. The molecule has 0 aliphatic heterocycles. The van der Waals surface area contributed by atoms with E-state index in [0.29, 0.717) is 11.1 Å². The van der Waals surface area contributed by atoms with E-state index in [2.05, 4.69) is 6.92 Å². The molecule has 1 aromatic carbocycles. The number of aromatic hydroxyl groups is 1. The van der Waals surface area contributed by atoms with Crippen molar-refractivity contribution >= 4 is 0 Å². The van der Waals surface area contributed by atoms with Crippen LogP contribution in [0.4, 0.5) is 0 Å². The Labute approximate surface area is 128 Å². The quantitative estimate of drug-likeness (QED) is 0.539. The highest BCUT2D eigenvalue weighted by Crippen LogP contribution is 2.26. The van der Waals surface area contributed by atoms with Crippen molar-refractivity contribution in [2.75, 3.05) is 0 Å². The molecule has 120 valence electrons. The minimum absolute atomic E-state index is 0.0275. The minimum Gasteiger partial charge on any atom is -0.507 e. The third-order valence-corrected chi connectivity index (χ3v) is 3.99. The monoisotopic (exact) mass is 294 g/mol. The van der Waals surface area contributed by atoms with Gasteiger partial charge in [-0.15, -0.1) is 0 Å². The van der Waals surface area contributed by atoms with Crippen LogP contribution in [0.3, 0.4) is 0 Å². The fourth-order valence-electron chi connectivity index (χ4n) is 2.68. The Morgan fingerprint density at radius 2 is 1.24 bits per heavy atom. The summed E-state index contributed by atoms with van der Waals surface area (Å²) >= 11 is 0. The van der Waals surface area contributed by atoms with E-state index in [1.165, 1.54) is 44.9 Å². The first kappa shape index (κ1) is 18.0. The van der Waals surface area contributed by atoms with Gasteiger partial charge in [0.2, 0.25) is 0 Å². The number of hydrogen-bond acceptors (Lipinski definition) is 3. The second-order valence-electron chi connectivity index (χ2n) is 5.80. The second kappa shape index (κ2) is 10.6. The maximum absolute atomic E-state index is 9.81. The summed E-state index contributed by atoms with van der Waals surface area (Å²) in [5.74, 6) is 0.0275. The zero-order valence-electron chi connectivity index (χ0n) is 13.3. The summed E-state index contributed by atoms with van der Waals surface area (Å²) in [4.78, 5) is 0. The lowest BCUT2D eigenvalue weighted by Crippen LogP contribution is -1.96. The van der Waals surface area contributed by atoms with Gasteiger partial charge in [0.05, 0.1) is 13.2 Å². The largest absolute Gasteiger partial charge is 0.507 e. The summed E-state index contributed by atoms with van der Waals surface area (Å²) in [6.07, 6.45) is 11.2. The molecule has 0 saturated carbocycles. The van der Waals surface area contributed by atoms with Gasteiger partial charge in [-0.1, -0.05) is 51.9 Å². The Balaban J connectivity index is 2.32. The normalized spacial score (nSPS) is 11.0. The fraction of sp³-hybridized carbons (Fsp3) is 0.667. The summed E-state index contributed by atoms with van der Waals surface area (Å²) in [5.41, 5.74) is 2.11. The number of rotatable bonds is 11. The van der Waals surface area contributed by atoms with Crippen LogP contribution in [0.5, 0.6) is 5.75 Å². The van der Waals surface area contributed by atoms with Gasteiger partial charge in [0.15, 0.2) is 0 Å². The Bertz CT molecular complexity index is 376. The fourth-order valence-corrected chi connectivity index (χ4v) is 2.68. The molecule has 3 nitrogen and oxygen atoms in total. The van der Waals surface area contributed by atoms with E-state index in [0.717, 1.165) is 18.4 Å². The van der Waals surface area contributed by atoms with E-state index < -0.39 is 0 Å². The predicted octanol–water partition coefficient (Wildman–Crippen LogP) is 4.06. The van der Waals surface area contributed by atoms with Crippen molar-refractivity contribution in [3.8, 4) is 5.75 Å². The molecule has 0 aliphatic rings. The van der Waals surface area contributed by atoms with Crippen molar-refractivity contribution < 1.29 is 15.3 Å². The highest BCUT2D eigenvalue weighted by atomic mass is 16.3. The van der Waals surface area contributed by atoms with Gasteiger partial charge >= 0.3 is 0 Å². The Morgan fingerprint density at radius 1 is 0.762 bits per heavy atom. The molecule has 0 radical (unpaired) electrons. The Morgan fingerprint density at radius 3 is 1.71 bits per heavy atom. The smallest absolute Gasteiger partial charge is 0.126 e. The minimum atomic E-state index is -0.190. The Hall–Kier alpha value is -1.06. The summed E-state index contributed by atoms with van der Waals surface area (Å²) in [7, 11) is 0. The average molecular weight is 294 g/mol. The number of unbranched alkanes of at least 4 members (excludes halogenated alkanes) is 7. The average Bonchev–Trinajstić information content (AvgIpc) is 2.51. The summed E-state index contributed by atoms with van der Waals surface area (Å²) < 4.78 is 0. The van der Waals surface area contributed by atoms with Crippen LogP contribution >= 0.6 is 0 Å². The van der Waals surface area contributed by atoms with Gasteiger partial charge in [-0.2, -0.15) is 0 Å². The van der Waals surface area contributed by atoms with Crippen LogP contribution in [0.2, 0.25) is 0 Å². The molecule has 21 heavy (non-hydrogen) atoms. The molecule has 0 bridgehead atoms. The molecule has 1 aromatic rings. The van der Waals surface area contributed by atoms with Gasteiger partial charge < -0.3 is 15.3 Å². The van der Waals surface area contributed by atoms with Gasteiger partial charge in [0, 0.05) is 11.1 Å². The lowest BCUT2D eigenvalue weighted by Gasteiger charge is -2.10. The van der Waals surface area contributed by atoms with Crippen molar-refractivity contribution in [3.63, 3.8) is 0 Å². The zero-order chi connectivity index (χ0) is 15.5. The van der Waals surface area contributed by atoms with Crippen molar-refractivity contribution in [2.24, 2.45) is 0 Å². The molecule has 0 aromatic heterocycles. The molecule has 0 fully saturated rings. The third kappa shape index (κ3) is 6.49. The maximum Gasteiger partial charge on any atom is 0.126 e. The second-order valence-corrected chi connectivity index (χ2v) is 5.80. The zero-order valence-corrected chi connectivity index (χ0v) is 13.3. The lowest BCUT2D eigenvalue weighted by atomic mass is 9.99. The van der Waals surface area contributed by atoms with Crippen molar-refractivity contribution in [1.82, 2.24) is 0 Å². The molecule has 3 N–H and O–H groups in total. The van der Waals surface area contributed by atoms with Gasteiger partial charge in [-0.3, -0.25) is 0 Å². The predicted molar refractivity (Wildman–Crippen MR) is 86.3 cm³/mol. The summed E-state index contributed by atoms with van der Waals surface area (Å²) in [6.45, 7) is 1.85. The van der Waals surface area contributed by atoms with Crippen LogP contribution in [-0.2, 0) is 19.6 Å². The number of aliphatic hydroxyl groups is 2. The van der Waals surface area contributed by atoms with Gasteiger partial charge in [-0.25, -0.2) is 0 Å². The van der Waals surface area contributed by atoms with Crippen molar-refractivity contribution in [3.05, 3.63) is 28.8 Å².